The lowest BCUT2D eigenvalue weighted by molar-refractivity contribution is 0.0129. The monoisotopic (exact) mass is 372 g/mol. The molecule has 0 aliphatic heterocycles. The van der Waals surface area contributed by atoms with Crippen molar-refractivity contribution in [1.82, 2.24) is 19.4 Å². The Morgan fingerprint density at radius 3 is 2.56 bits per heavy atom. The van der Waals surface area contributed by atoms with Crippen LogP contribution >= 0.6 is 0 Å². The minimum atomic E-state index is -3.12. The lowest BCUT2D eigenvalue weighted by Gasteiger charge is -2.11. The van der Waals surface area contributed by atoms with Gasteiger partial charge in [0.1, 0.15) is 17.3 Å². The predicted octanol–water partition coefficient (Wildman–Crippen LogP) is 4.85. The molecule has 27 heavy (non-hydrogen) atoms. The Labute approximate surface area is 151 Å². The van der Waals surface area contributed by atoms with Crippen molar-refractivity contribution in [3.63, 3.8) is 0 Å². The molecule has 0 bridgehead atoms. The molecule has 0 N–H and O–H groups in total. The highest BCUT2D eigenvalue weighted by atomic mass is 19.3. The molecule has 4 rings (SSSR count). The van der Waals surface area contributed by atoms with E-state index in [9.17, 15) is 13.2 Å². The van der Waals surface area contributed by atoms with Crippen molar-refractivity contribution >= 4 is 5.78 Å². The third kappa shape index (κ3) is 2.92. The maximum Gasteiger partial charge on any atom is 0.287 e. The SMILES string of the molecule is CC(F)(F)c1ccn2c(-c3ccc(F)c(-c4cccnc4)c3F)cnc2n1. The van der Waals surface area contributed by atoms with Gasteiger partial charge in [0.15, 0.2) is 0 Å². The van der Waals surface area contributed by atoms with E-state index >= 15 is 4.39 Å². The molecule has 0 saturated heterocycles. The summed E-state index contributed by atoms with van der Waals surface area (Å²) in [6.07, 6.45) is 5.50. The number of rotatable bonds is 3. The van der Waals surface area contributed by atoms with Crippen molar-refractivity contribution in [3.8, 4) is 22.4 Å². The van der Waals surface area contributed by atoms with Crippen molar-refractivity contribution in [2.24, 2.45) is 0 Å². The smallest absolute Gasteiger partial charge is 0.284 e. The summed E-state index contributed by atoms with van der Waals surface area (Å²) >= 11 is 0. The second kappa shape index (κ2) is 6.15. The van der Waals surface area contributed by atoms with Gasteiger partial charge in [-0.05, 0) is 24.3 Å². The van der Waals surface area contributed by atoms with Gasteiger partial charge in [-0.2, -0.15) is 8.78 Å². The number of fused-ring (bicyclic) bond motifs is 1. The Bertz CT molecular complexity index is 1130. The number of alkyl halides is 2. The van der Waals surface area contributed by atoms with E-state index < -0.39 is 23.3 Å². The van der Waals surface area contributed by atoms with Crippen LogP contribution in [0.3, 0.4) is 0 Å². The lowest BCUT2D eigenvalue weighted by Crippen LogP contribution is -2.10. The molecular weight excluding hydrogens is 360 g/mol. The highest BCUT2D eigenvalue weighted by Crippen LogP contribution is 2.33. The maximum atomic E-state index is 15.1. The first-order valence-corrected chi connectivity index (χ1v) is 7.97. The van der Waals surface area contributed by atoms with E-state index in [0.29, 0.717) is 0 Å². The van der Waals surface area contributed by atoms with Gasteiger partial charge in [0.2, 0.25) is 5.78 Å². The van der Waals surface area contributed by atoms with Gasteiger partial charge >= 0.3 is 0 Å². The number of hydrogen-bond acceptors (Lipinski definition) is 3. The molecule has 0 amide bonds. The average Bonchev–Trinajstić information content (AvgIpc) is 3.05. The molecule has 3 aromatic heterocycles. The van der Waals surface area contributed by atoms with E-state index in [-0.39, 0.29) is 28.2 Å². The highest BCUT2D eigenvalue weighted by molar-refractivity contribution is 5.73. The van der Waals surface area contributed by atoms with E-state index in [0.717, 1.165) is 19.1 Å². The van der Waals surface area contributed by atoms with Crippen LogP contribution in [-0.2, 0) is 5.92 Å². The Morgan fingerprint density at radius 2 is 1.85 bits per heavy atom. The summed E-state index contributed by atoms with van der Waals surface area (Å²) in [7, 11) is 0. The zero-order chi connectivity index (χ0) is 19.2. The minimum absolute atomic E-state index is 0.00400. The van der Waals surface area contributed by atoms with Gasteiger partial charge in [-0.1, -0.05) is 6.07 Å². The zero-order valence-corrected chi connectivity index (χ0v) is 14.0. The predicted molar refractivity (Wildman–Crippen MR) is 91.1 cm³/mol. The molecule has 0 aliphatic rings. The topological polar surface area (TPSA) is 43.1 Å². The fraction of sp³-hybridized carbons (Fsp3) is 0.105. The van der Waals surface area contributed by atoms with Gasteiger partial charge in [-0.3, -0.25) is 9.38 Å². The Morgan fingerprint density at radius 1 is 1.04 bits per heavy atom. The number of hydrogen-bond donors (Lipinski definition) is 0. The average molecular weight is 372 g/mol. The van der Waals surface area contributed by atoms with Gasteiger partial charge in [0.25, 0.3) is 5.92 Å². The van der Waals surface area contributed by atoms with Crippen molar-refractivity contribution in [2.75, 3.05) is 0 Å². The third-order valence-electron chi connectivity index (χ3n) is 4.15. The number of aromatic nitrogens is 4. The van der Waals surface area contributed by atoms with Crippen molar-refractivity contribution in [3.05, 3.63) is 72.4 Å². The lowest BCUT2D eigenvalue weighted by atomic mass is 10.0. The number of imidazole rings is 1. The summed E-state index contributed by atoms with van der Waals surface area (Å²) in [5, 5.41) is 0. The normalized spacial score (nSPS) is 11.9. The van der Waals surface area contributed by atoms with Crippen LogP contribution in [0.5, 0.6) is 0 Å². The van der Waals surface area contributed by atoms with Gasteiger partial charge in [-0.25, -0.2) is 18.7 Å². The standard InChI is InChI=1S/C19H12F4N4/c1-19(22,23)15-6-8-27-14(10-25-18(27)26-15)12-4-5-13(20)16(17(12)21)11-3-2-7-24-9-11/h2-10H,1H3. The summed E-state index contributed by atoms with van der Waals surface area (Å²) < 4.78 is 57.7. The molecular formula is C19H12F4N4. The molecule has 4 nitrogen and oxygen atoms in total. The van der Waals surface area contributed by atoms with E-state index in [1.807, 2.05) is 0 Å². The number of benzene rings is 1. The first-order valence-electron chi connectivity index (χ1n) is 7.97. The van der Waals surface area contributed by atoms with Crippen LogP contribution in [0.25, 0.3) is 28.2 Å². The van der Waals surface area contributed by atoms with Crippen molar-refractivity contribution in [1.29, 1.82) is 0 Å². The van der Waals surface area contributed by atoms with Crippen LogP contribution in [0, 0.1) is 11.6 Å². The molecule has 4 aromatic rings. The quantitative estimate of drug-likeness (QED) is 0.483. The molecule has 136 valence electrons. The number of halogens is 4. The minimum Gasteiger partial charge on any atom is -0.284 e. The van der Waals surface area contributed by atoms with E-state index in [2.05, 4.69) is 15.0 Å². The second-order valence-corrected chi connectivity index (χ2v) is 6.04. The van der Waals surface area contributed by atoms with Crippen LogP contribution in [0.4, 0.5) is 17.6 Å². The molecule has 0 spiro atoms. The van der Waals surface area contributed by atoms with Crippen molar-refractivity contribution in [2.45, 2.75) is 12.8 Å². The van der Waals surface area contributed by atoms with Gasteiger partial charge in [-0.15, -0.1) is 0 Å². The van der Waals surface area contributed by atoms with E-state index in [1.54, 1.807) is 12.1 Å². The number of nitrogens with zero attached hydrogens (tertiary/aromatic N) is 4. The molecule has 0 unspecified atom stereocenters. The Balaban J connectivity index is 1.90. The Kier molecular flexibility index (Phi) is 3.91. The van der Waals surface area contributed by atoms with Crippen molar-refractivity contribution < 1.29 is 17.6 Å². The van der Waals surface area contributed by atoms with E-state index in [1.165, 1.54) is 35.3 Å². The molecule has 3 heterocycles. The highest BCUT2D eigenvalue weighted by Gasteiger charge is 2.27. The second-order valence-electron chi connectivity index (χ2n) is 6.04. The van der Waals surface area contributed by atoms with Gasteiger partial charge in [0, 0.05) is 36.6 Å². The first-order chi connectivity index (χ1) is 12.9. The van der Waals surface area contributed by atoms with Gasteiger partial charge < -0.3 is 0 Å². The van der Waals surface area contributed by atoms with Crippen LogP contribution in [0.15, 0.2) is 55.1 Å². The molecule has 0 aliphatic carbocycles. The molecule has 0 radical (unpaired) electrons. The molecule has 1 aromatic carbocycles. The van der Waals surface area contributed by atoms with Crippen LogP contribution in [0.1, 0.15) is 12.6 Å². The fourth-order valence-corrected chi connectivity index (χ4v) is 2.84. The van der Waals surface area contributed by atoms with E-state index in [4.69, 9.17) is 0 Å². The van der Waals surface area contributed by atoms with Gasteiger partial charge in [0.05, 0.1) is 17.5 Å². The zero-order valence-electron chi connectivity index (χ0n) is 14.0. The molecule has 0 saturated carbocycles. The number of pyridine rings is 1. The summed E-state index contributed by atoms with van der Waals surface area (Å²) in [5.41, 5.74) is -0.0381. The first kappa shape index (κ1) is 17.1. The largest absolute Gasteiger partial charge is 0.287 e. The van der Waals surface area contributed by atoms with Crippen LogP contribution < -0.4 is 0 Å². The summed E-state index contributed by atoms with van der Waals surface area (Å²) in [6, 6.07) is 6.68. The van der Waals surface area contributed by atoms with Crippen LogP contribution in [0.2, 0.25) is 0 Å². The molecule has 0 atom stereocenters. The summed E-state index contributed by atoms with van der Waals surface area (Å²) in [5.74, 6) is -4.66. The summed E-state index contributed by atoms with van der Waals surface area (Å²) in [4.78, 5) is 11.7. The fourth-order valence-electron chi connectivity index (χ4n) is 2.84. The maximum absolute atomic E-state index is 15.1. The molecule has 8 heteroatoms. The summed E-state index contributed by atoms with van der Waals surface area (Å²) in [6.45, 7) is 0.732. The third-order valence-corrected chi connectivity index (χ3v) is 4.15. The van der Waals surface area contributed by atoms with Crippen LogP contribution in [-0.4, -0.2) is 19.4 Å². The molecule has 0 fully saturated rings. The Hall–Kier alpha value is -3.29.